The summed E-state index contributed by atoms with van der Waals surface area (Å²) in [6, 6.07) is 9.90. The molecule has 4 nitrogen and oxygen atoms in total. The van der Waals surface area contributed by atoms with Crippen LogP contribution in [-0.4, -0.2) is 43.2 Å². The van der Waals surface area contributed by atoms with Crippen LogP contribution in [0.25, 0.3) is 0 Å². The highest BCUT2D eigenvalue weighted by Crippen LogP contribution is 2.17. The summed E-state index contributed by atoms with van der Waals surface area (Å²) in [6.45, 7) is 0.00529. The van der Waals surface area contributed by atoms with Crippen molar-refractivity contribution in [3.05, 3.63) is 30.3 Å². The van der Waals surface area contributed by atoms with Crippen molar-refractivity contribution in [3.8, 4) is 0 Å². The SMILES string of the molecule is COC(=O)CN(C)C(=O)CCSc1ccccc1. The number of benzene rings is 1. The van der Waals surface area contributed by atoms with Gasteiger partial charge in [0.1, 0.15) is 6.54 Å². The fraction of sp³-hybridized carbons (Fsp3) is 0.385. The fourth-order valence-electron chi connectivity index (χ4n) is 1.31. The van der Waals surface area contributed by atoms with Crippen molar-refractivity contribution in [3.63, 3.8) is 0 Å². The summed E-state index contributed by atoms with van der Waals surface area (Å²) in [5.41, 5.74) is 0. The van der Waals surface area contributed by atoms with Gasteiger partial charge < -0.3 is 9.64 Å². The molecule has 0 bridgehead atoms. The van der Waals surface area contributed by atoms with E-state index in [2.05, 4.69) is 4.74 Å². The summed E-state index contributed by atoms with van der Waals surface area (Å²) in [4.78, 5) is 25.2. The van der Waals surface area contributed by atoms with Gasteiger partial charge in [0, 0.05) is 24.1 Å². The quantitative estimate of drug-likeness (QED) is 0.582. The van der Waals surface area contributed by atoms with Crippen LogP contribution in [0.1, 0.15) is 6.42 Å². The molecule has 0 aliphatic heterocycles. The molecule has 0 atom stereocenters. The van der Waals surface area contributed by atoms with Gasteiger partial charge in [-0.3, -0.25) is 9.59 Å². The molecule has 0 unspecified atom stereocenters. The largest absolute Gasteiger partial charge is 0.468 e. The molecular weight excluding hydrogens is 250 g/mol. The van der Waals surface area contributed by atoms with Crippen molar-refractivity contribution in [2.45, 2.75) is 11.3 Å². The van der Waals surface area contributed by atoms with E-state index in [9.17, 15) is 9.59 Å². The lowest BCUT2D eigenvalue weighted by atomic mass is 10.4. The Morgan fingerprint density at radius 3 is 2.56 bits per heavy atom. The van der Waals surface area contributed by atoms with E-state index in [4.69, 9.17) is 0 Å². The molecule has 0 saturated heterocycles. The fourth-order valence-corrected chi connectivity index (χ4v) is 2.17. The van der Waals surface area contributed by atoms with Crippen molar-refractivity contribution in [2.75, 3.05) is 26.5 Å². The molecule has 0 fully saturated rings. The Balaban J connectivity index is 2.26. The third-order valence-electron chi connectivity index (χ3n) is 2.35. The summed E-state index contributed by atoms with van der Waals surface area (Å²) >= 11 is 1.63. The van der Waals surface area contributed by atoms with E-state index < -0.39 is 5.97 Å². The number of esters is 1. The summed E-state index contributed by atoms with van der Waals surface area (Å²) in [5.74, 6) is 0.249. The molecule has 0 aromatic heterocycles. The van der Waals surface area contributed by atoms with Gasteiger partial charge >= 0.3 is 5.97 Å². The van der Waals surface area contributed by atoms with E-state index in [1.54, 1.807) is 18.8 Å². The van der Waals surface area contributed by atoms with E-state index in [0.717, 1.165) is 4.90 Å². The van der Waals surface area contributed by atoms with Crippen molar-refractivity contribution >= 4 is 23.6 Å². The summed E-state index contributed by atoms with van der Waals surface area (Å²) in [6.07, 6.45) is 0.410. The molecule has 5 heteroatoms. The zero-order valence-corrected chi connectivity index (χ0v) is 11.4. The molecule has 1 amide bonds. The number of thioether (sulfide) groups is 1. The van der Waals surface area contributed by atoms with Gasteiger partial charge in [-0.05, 0) is 12.1 Å². The van der Waals surface area contributed by atoms with Crippen LogP contribution < -0.4 is 0 Å². The lowest BCUT2D eigenvalue weighted by Crippen LogP contribution is -2.32. The first kappa shape index (κ1) is 14.6. The first-order valence-electron chi connectivity index (χ1n) is 5.62. The molecule has 0 spiro atoms. The number of amides is 1. The van der Waals surface area contributed by atoms with Gasteiger partial charge in [-0.25, -0.2) is 0 Å². The van der Waals surface area contributed by atoms with Crippen LogP contribution >= 0.6 is 11.8 Å². The third kappa shape index (κ3) is 5.23. The number of rotatable bonds is 6. The Labute approximate surface area is 111 Å². The molecule has 1 rings (SSSR count). The number of hydrogen-bond acceptors (Lipinski definition) is 4. The number of methoxy groups -OCH3 is 1. The highest BCUT2D eigenvalue weighted by molar-refractivity contribution is 7.99. The summed E-state index contributed by atoms with van der Waals surface area (Å²) < 4.78 is 4.51. The third-order valence-corrected chi connectivity index (χ3v) is 3.36. The Kier molecular flexibility index (Phi) is 6.28. The lowest BCUT2D eigenvalue weighted by molar-refractivity contribution is -0.145. The van der Waals surface area contributed by atoms with Gasteiger partial charge in [-0.2, -0.15) is 0 Å². The van der Waals surface area contributed by atoms with Crippen molar-refractivity contribution < 1.29 is 14.3 Å². The minimum Gasteiger partial charge on any atom is -0.468 e. The number of ether oxygens (including phenoxy) is 1. The highest BCUT2D eigenvalue weighted by Gasteiger charge is 2.12. The molecule has 18 heavy (non-hydrogen) atoms. The van der Waals surface area contributed by atoms with Crippen LogP contribution in [0.5, 0.6) is 0 Å². The first-order valence-corrected chi connectivity index (χ1v) is 6.60. The second kappa shape index (κ2) is 7.76. The van der Waals surface area contributed by atoms with Gasteiger partial charge in [0.05, 0.1) is 7.11 Å². The van der Waals surface area contributed by atoms with E-state index >= 15 is 0 Å². The van der Waals surface area contributed by atoms with Crippen molar-refractivity contribution in [2.24, 2.45) is 0 Å². The van der Waals surface area contributed by atoms with Crippen LogP contribution in [0.4, 0.5) is 0 Å². The first-order chi connectivity index (χ1) is 8.63. The average Bonchev–Trinajstić information content (AvgIpc) is 2.39. The molecular formula is C13H17NO3S. The second-order valence-corrected chi connectivity index (χ2v) is 4.91. The standard InChI is InChI=1S/C13H17NO3S/c1-14(10-13(16)17-2)12(15)8-9-18-11-6-4-3-5-7-11/h3-7H,8-10H2,1-2H3. The highest BCUT2D eigenvalue weighted by atomic mass is 32.2. The lowest BCUT2D eigenvalue weighted by Gasteiger charge is -2.15. The monoisotopic (exact) mass is 267 g/mol. The number of nitrogens with zero attached hydrogens (tertiary/aromatic N) is 1. The Bertz CT molecular complexity index is 394. The minimum atomic E-state index is -0.401. The second-order valence-electron chi connectivity index (χ2n) is 3.74. The molecule has 0 aliphatic rings. The normalized spacial score (nSPS) is 9.89. The van der Waals surface area contributed by atoms with Gasteiger partial charge in [-0.15, -0.1) is 11.8 Å². The molecule has 0 heterocycles. The zero-order chi connectivity index (χ0) is 13.4. The molecule has 1 aromatic rings. The molecule has 0 N–H and O–H groups in total. The van der Waals surface area contributed by atoms with E-state index in [0.29, 0.717) is 12.2 Å². The number of carbonyl (C=O) groups is 2. The minimum absolute atomic E-state index is 0.00529. The van der Waals surface area contributed by atoms with Crippen molar-refractivity contribution in [1.82, 2.24) is 4.90 Å². The Morgan fingerprint density at radius 2 is 1.94 bits per heavy atom. The van der Waals surface area contributed by atoms with E-state index in [1.165, 1.54) is 12.0 Å². The average molecular weight is 267 g/mol. The number of likely N-dealkylation sites (N-methyl/N-ethyl adjacent to an activating group) is 1. The van der Waals surface area contributed by atoms with Crippen LogP contribution in [0.3, 0.4) is 0 Å². The maximum atomic E-state index is 11.7. The van der Waals surface area contributed by atoms with Gasteiger partial charge in [0.15, 0.2) is 0 Å². The van der Waals surface area contributed by atoms with Crippen LogP contribution in [0.15, 0.2) is 35.2 Å². The van der Waals surface area contributed by atoms with Gasteiger partial charge in [-0.1, -0.05) is 18.2 Å². The molecule has 0 saturated carbocycles. The zero-order valence-electron chi connectivity index (χ0n) is 10.6. The van der Waals surface area contributed by atoms with Gasteiger partial charge in [0.25, 0.3) is 0 Å². The van der Waals surface area contributed by atoms with Crippen LogP contribution in [0.2, 0.25) is 0 Å². The molecule has 0 radical (unpaired) electrons. The van der Waals surface area contributed by atoms with E-state index in [-0.39, 0.29) is 12.5 Å². The molecule has 0 aliphatic carbocycles. The number of hydrogen-bond donors (Lipinski definition) is 0. The maximum Gasteiger partial charge on any atom is 0.325 e. The smallest absolute Gasteiger partial charge is 0.325 e. The summed E-state index contributed by atoms with van der Waals surface area (Å²) in [7, 11) is 2.92. The van der Waals surface area contributed by atoms with Crippen LogP contribution in [-0.2, 0) is 14.3 Å². The van der Waals surface area contributed by atoms with Crippen molar-refractivity contribution in [1.29, 1.82) is 0 Å². The predicted molar refractivity (Wildman–Crippen MR) is 71.4 cm³/mol. The Hall–Kier alpha value is -1.49. The topological polar surface area (TPSA) is 46.6 Å². The van der Waals surface area contributed by atoms with Crippen LogP contribution in [0, 0.1) is 0 Å². The maximum absolute atomic E-state index is 11.7. The van der Waals surface area contributed by atoms with Gasteiger partial charge in [0.2, 0.25) is 5.91 Å². The summed E-state index contributed by atoms with van der Waals surface area (Å²) in [5, 5.41) is 0. The molecule has 1 aromatic carbocycles. The number of carbonyl (C=O) groups excluding carboxylic acids is 2. The van der Waals surface area contributed by atoms with E-state index in [1.807, 2.05) is 30.3 Å². The Morgan fingerprint density at radius 1 is 1.28 bits per heavy atom. The predicted octanol–water partition coefficient (Wildman–Crippen LogP) is 1.80. The molecule has 98 valence electrons.